The molecule has 1 amide bonds. The predicted molar refractivity (Wildman–Crippen MR) is 98.7 cm³/mol. The Morgan fingerprint density at radius 2 is 1.74 bits per heavy atom. The quantitative estimate of drug-likeness (QED) is 0.532. The number of halogens is 1. The molecular weight excluding hydrogens is 393 g/mol. The van der Waals surface area contributed by atoms with Gasteiger partial charge in [0.2, 0.25) is 15.2 Å². The maximum Gasteiger partial charge on any atom is 0.258 e. The largest absolute Gasteiger partial charge is 0.307 e. The molecule has 0 aliphatic rings. The standard InChI is InChI=1S/C16H14FN5O3S2/c17-11-8-6-10(7-9-11)15-20-21-16(26-15)19-14(23)13(18)22-27(24,25)12-4-2-1-3-5-12/h1-9,13,22H,18H2,(H,19,21,23). The number of hydrogen-bond donors (Lipinski definition) is 3. The molecular formula is C16H14FN5O3S2. The van der Waals surface area contributed by atoms with Gasteiger partial charge in [0.05, 0.1) is 4.90 Å². The molecule has 11 heteroatoms. The van der Waals surface area contributed by atoms with E-state index in [1.165, 1.54) is 36.4 Å². The molecule has 1 unspecified atom stereocenters. The van der Waals surface area contributed by atoms with Gasteiger partial charge in [-0.2, -0.15) is 4.72 Å². The molecule has 1 heterocycles. The molecule has 0 spiro atoms. The van der Waals surface area contributed by atoms with E-state index in [2.05, 4.69) is 20.2 Å². The number of sulfonamides is 1. The fraction of sp³-hybridized carbons (Fsp3) is 0.0625. The Morgan fingerprint density at radius 1 is 1.07 bits per heavy atom. The lowest BCUT2D eigenvalue weighted by molar-refractivity contribution is -0.117. The minimum atomic E-state index is -3.94. The minimum absolute atomic E-state index is 0.0113. The van der Waals surface area contributed by atoms with Gasteiger partial charge in [-0.3, -0.25) is 10.1 Å². The molecule has 1 atom stereocenters. The van der Waals surface area contributed by atoms with Crippen molar-refractivity contribution in [1.82, 2.24) is 14.9 Å². The molecule has 0 bridgehead atoms. The van der Waals surface area contributed by atoms with Crippen LogP contribution in [-0.4, -0.2) is 30.7 Å². The van der Waals surface area contributed by atoms with Crippen LogP contribution in [-0.2, 0) is 14.8 Å². The predicted octanol–water partition coefficient (Wildman–Crippen LogP) is 1.55. The average Bonchev–Trinajstić information content (AvgIpc) is 3.11. The van der Waals surface area contributed by atoms with Crippen LogP contribution in [0.1, 0.15) is 0 Å². The lowest BCUT2D eigenvalue weighted by Gasteiger charge is -2.13. The molecule has 0 aliphatic carbocycles. The highest BCUT2D eigenvalue weighted by molar-refractivity contribution is 7.89. The number of nitrogens with zero attached hydrogens (tertiary/aromatic N) is 2. The lowest BCUT2D eigenvalue weighted by atomic mass is 10.2. The topological polar surface area (TPSA) is 127 Å². The third-order valence-electron chi connectivity index (χ3n) is 3.36. The zero-order chi connectivity index (χ0) is 19.4. The second kappa shape index (κ2) is 7.88. The second-order valence-corrected chi connectivity index (χ2v) is 8.01. The van der Waals surface area contributed by atoms with Crippen molar-refractivity contribution in [1.29, 1.82) is 0 Å². The van der Waals surface area contributed by atoms with Gasteiger partial charge in [-0.15, -0.1) is 10.2 Å². The Labute approximate surface area is 158 Å². The Bertz CT molecular complexity index is 1040. The molecule has 2 aromatic carbocycles. The van der Waals surface area contributed by atoms with E-state index < -0.39 is 22.1 Å². The first-order chi connectivity index (χ1) is 12.8. The van der Waals surface area contributed by atoms with Crippen molar-refractivity contribution in [3.63, 3.8) is 0 Å². The van der Waals surface area contributed by atoms with E-state index in [0.29, 0.717) is 10.6 Å². The van der Waals surface area contributed by atoms with Crippen LogP contribution in [0.4, 0.5) is 9.52 Å². The lowest BCUT2D eigenvalue weighted by Crippen LogP contribution is -2.49. The maximum atomic E-state index is 13.0. The Balaban J connectivity index is 1.66. The maximum absolute atomic E-state index is 13.0. The summed E-state index contributed by atoms with van der Waals surface area (Å²) in [4.78, 5) is 12.1. The summed E-state index contributed by atoms with van der Waals surface area (Å²) < 4.78 is 39.4. The summed E-state index contributed by atoms with van der Waals surface area (Å²) in [5, 5.41) is 10.7. The molecule has 3 rings (SSSR count). The molecule has 0 aliphatic heterocycles. The van der Waals surface area contributed by atoms with Crippen molar-refractivity contribution in [2.45, 2.75) is 11.1 Å². The van der Waals surface area contributed by atoms with Crippen LogP contribution in [0.15, 0.2) is 59.5 Å². The van der Waals surface area contributed by atoms with Crippen LogP contribution in [0.25, 0.3) is 10.6 Å². The van der Waals surface area contributed by atoms with Crippen molar-refractivity contribution < 1.29 is 17.6 Å². The van der Waals surface area contributed by atoms with Crippen LogP contribution >= 0.6 is 11.3 Å². The summed E-state index contributed by atoms with van der Waals surface area (Å²) in [5.41, 5.74) is 6.26. The minimum Gasteiger partial charge on any atom is -0.307 e. The van der Waals surface area contributed by atoms with Gasteiger partial charge >= 0.3 is 0 Å². The molecule has 4 N–H and O–H groups in total. The number of aromatic nitrogens is 2. The number of nitrogens with one attached hydrogen (secondary N) is 2. The first-order valence-electron chi connectivity index (χ1n) is 7.58. The van der Waals surface area contributed by atoms with Gasteiger partial charge in [0.15, 0.2) is 0 Å². The van der Waals surface area contributed by atoms with E-state index in [1.54, 1.807) is 18.2 Å². The molecule has 0 radical (unpaired) electrons. The molecule has 0 saturated carbocycles. The Morgan fingerprint density at radius 3 is 2.41 bits per heavy atom. The van der Waals surface area contributed by atoms with E-state index >= 15 is 0 Å². The molecule has 27 heavy (non-hydrogen) atoms. The van der Waals surface area contributed by atoms with Gasteiger partial charge in [0, 0.05) is 5.56 Å². The third-order valence-corrected chi connectivity index (χ3v) is 5.71. The smallest absolute Gasteiger partial charge is 0.258 e. The summed E-state index contributed by atoms with van der Waals surface area (Å²) in [6.45, 7) is 0. The van der Waals surface area contributed by atoms with E-state index in [0.717, 1.165) is 11.3 Å². The highest BCUT2D eigenvalue weighted by atomic mass is 32.2. The van der Waals surface area contributed by atoms with Gasteiger partial charge in [-0.25, -0.2) is 12.8 Å². The van der Waals surface area contributed by atoms with Gasteiger partial charge in [-0.05, 0) is 36.4 Å². The van der Waals surface area contributed by atoms with Crippen LogP contribution < -0.4 is 15.8 Å². The summed E-state index contributed by atoms with van der Waals surface area (Å²) in [5.74, 6) is -1.18. The molecule has 3 aromatic rings. The van der Waals surface area contributed by atoms with Gasteiger partial charge in [0.1, 0.15) is 17.0 Å². The molecule has 0 saturated heterocycles. The van der Waals surface area contributed by atoms with E-state index in [4.69, 9.17) is 5.73 Å². The van der Waals surface area contributed by atoms with Crippen molar-refractivity contribution in [2.75, 3.05) is 5.32 Å². The summed E-state index contributed by atoms with van der Waals surface area (Å²) >= 11 is 1.04. The summed E-state index contributed by atoms with van der Waals surface area (Å²) in [6.07, 6.45) is -1.52. The Kier molecular flexibility index (Phi) is 5.56. The molecule has 140 valence electrons. The first-order valence-corrected chi connectivity index (χ1v) is 9.88. The van der Waals surface area contributed by atoms with E-state index in [-0.39, 0.29) is 15.8 Å². The number of rotatable bonds is 6. The molecule has 1 aromatic heterocycles. The highest BCUT2D eigenvalue weighted by Crippen LogP contribution is 2.26. The number of hydrogen-bond acceptors (Lipinski definition) is 7. The zero-order valence-electron chi connectivity index (χ0n) is 13.7. The number of carbonyl (C=O) groups excluding carboxylic acids is 1. The van der Waals surface area contributed by atoms with Gasteiger partial charge in [-0.1, -0.05) is 29.5 Å². The van der Waals surface area contributed by atoms with E-state index in [9.17, 15) is 17.6 Å². The van der Waals surface area contributed by atoms with Crippen LogP contribution in [0.2, 0.25) is 0 Å². The number of amides is 1. The number of anilines is 1. The fourth-order valence-electron chi connectivity index (χ4n) is 2.05. The highest BCUT2D eigenvalue weighted by Gasteiger charge is 2.23. The number of nitrogens with two attached hydrogens (primary N) is 1. The third kappa shape index (κ3) is 4.71. The van der Waals surface area contributed by atoms with Crippen molar-refractivity contribution in [3.05, 3.63) is 60.4 Å². The number of benzene rings is 2. The van der Waals surface area contributed by atoms with Crippen molar-refractivity contribution in [2.24, 2.45) is 5.73 Å². The van der Waals surface area contributed by atoms with Crippen LogP contribution in [0.5, 0.6) is 0 Å². The summed E-state index contributed by atoms with van der Waals surface area (Å²) in [6, 6.07) is 13.2. The van der Waals surface area contributed by atoms with E-state index in [1.807, 2.05) is 0 Å². The monoisotopic (exact) mass is 407 g/mol. The fourth-order valence-corrected chi connectivity index (χ4v) is 3.90. The van der Waals surface area contributed by atoms with Crippen LogP contribution in [0, 0.1) is 5.82 Å². The van der Waals surface area contributed by atoms with Gasteiger partial charge < -0.3 is 5.73 Å². The number of carbonyl (C=O) groups is 1. The first kappa shape index (κ1) is 19.0. The SMILES string of the molecule is NC(NS(=O)(=O)c1ccccc1)C(=O)Nc1nnc(-c2ccc(F)cc2)s1. The van der Waals surface area contributed by atoms with Crippen molar-refractivity contribution >= 4 is 32.4 Å². The summed E-state index contributed by atoms with van der Waals surface area (Å²) in [7, 11) is -3.94. The normalized spacial score (nSPS) is 12.5. The molecule has 0 fully saturated rings. The molecule has 8 nitrogen and oxygen atoms in total. The average molecular weight is 407 g/mol. The van der Waals surface area contributed by atoms with Gasteiger partial charge in [0.25, 0.3) is 5.91 Å². The van der Waals surface area contributed by atoms with Crippen LogP contribution in [0.3, 0.4) is 0 Å². The van der Waals surface area contributed by atoms with Crippen molar-refractivity contribution in [3.8, 4) is 10.6 Å². The Hall–Kier alpha value is -2.73. The zero-order valence-corrected chi connectivity index (χ0v) is 15.3. The second-order valence-electron chi connectivity index (χ2n) is 5.32.